The molecule has 0 saturated carbocycles. The van der Waals surface area contributed by atoms with E-state index in [2.05, 4.69) is 116 Å². The molecule has 0 aliphatic rings. The highest BCUT2D eigenvalue weighted by Crippen LogP contribution is 2.55. The van der Waals surface area contributed by atoms with Crippen LogP contribution in [0.5, 0.6) is 0 Å². The standard InChI is InChI=1S/C30H36P/c1-2-3-4-5-6-7-8-9-10-20-27-31(28-21-14-11-15-22-28,29-23-16-12-17-24-29)30-25-18-13-19-26-30/h6-7,9-19,21-26H,2-5,8,20,27H2,1H3/q+1/b7-6-,10-9-/i6D. The summed E-state index contributed by atoms with van der Waals surface area (Å²) in [6, 6.07) is 34.0. The fraction of sp³-hybridized carbons (Fsp3) is 0.267. The van der Waals surface area contributed by atoms with Crippen LogP contribution in [0.25, 0.3) is 0 Å². The maximum absolute atomic E-state index is 8.10. The predicted molar refractivity (Wildman–Crippen MR) is 142 cm³/mol. The number of unbranched alkanes of at least 4 members (excludes halogenated alkanes) is 2. The number of hydrogen-bond donors (Lipinski definition) is 0. The van der Waals surface area contributed by atoms with Gasteiger partial charge in [-0.1, -0.05) is 98.6 Å². The Balaban J connectivity index is 1.82. The third-order valence-corrected chi connectivity index (χ3v) is 10.2. The van der Waals surface area contributed by atoms with E-state index < -0.39 is 7.26 Å². The second-order valence-corrected chi connectivity index (χ2v) is 11.5. The third kappa shape index (κ3) is 6.52. The minimum Gasteiger partial charge on any atom is -0.0882 e. The van der Waals surface area contributed by atoms with Crippen molar-refractivity contribution < 1.29 is 1.37 Å². The van der Waals surface area contributed by atoms with Crippen LogP contribution in [0.4, 0.5) is 0 Å². The molecule has 0 saturated heterocycles. The fourth-order valence-electron chi connectivity index (χ4n) is 4.09. The summed E-state index contributed by atoms with van der Waals surface area (Å²) in [4.78, 5) is 0. The average Bonchev–Trinajstić information content (AvgIpc) is 2.85. The van der Waals surface area contributed by atoms with Crippen LogP contribution in [0.1, 0.15) is 46.8 Å². The van der Waals surface area contributed by atoms with E-state index in [-0.39, 0.29) is 0 Å². The molecule has 0 atom stereocenters. The van der Waals surface area contributed by atoms with E-state index in [1.165, 1.54) is 28.8 Å². The van der Waals surface area contributed by atoms with Gasteiger partial charge in [0, 0.05) is 6.42 Å². The molecule has 0 fully saturated rings. The molecule has 0 aromatic heterocycles. The summed E-state index contributed by atoms with van der Waals surface area (Å²) in [5.41, 5.74) is 0. The van der Waals surface area contributed by atoms with Gasteiger partial charge in [0.1, 0.15) is 23.2 Å². The summed E-state index contributed by atoms with van der Waals surface area (Å²) in [7, 11) is -1.74. The van der Waals surface area contributed by atoms with Gasteiger partial charge >= 0.3 is 0 Å². The SMILES string of the molecule is [2H]/C(=C/C/C=C\CC[P+](c1ccccc1)(c1ccccc1)c1ccccc1)CCCCC. The number of benzene rings is 3. The maximum Gasteiger partial charge on any atom is 0.112 e. The molecule has 0 bridgehead atoms. The average molecular weight is 429 g/mol. The van der Waals surface area contributed by atoms with Crippen molar-refractivity contribution >= 4 is 23.2 Å². The van der Waals surface area contributed by atoms with Gasteiger partial charge in [-0.05, 0) is 55.7 Å². The molecular formula is C30H36P+. The zero-order chi connectivity index (χ0) is 22.5. The van der Waals surface area contributed by atoms with Gasteiger partial charge < -0.3 is 0 Å². The molecule has 0 heterocycles. The van der Waals surface area contributed by atoms with Crippen molar-refractivity contribution in [1.82, 2.24) is 0 Å². The van der Waals surface area contributed by atoms with Crippen LogP contribution in [0, 0.1) is 0 Å². The molecule has 0 radical (unpaired) electrons. The topological polar surface area (TPSA) is 0 Å². The lowest BCUT2D eigenvalue weighted by Gasteiger charge is -2.27. The van der Waals surface area contributed by atoms with E-state index in [1.54, 1.807) is 0 Å². The van der Waals surface area contributed by atoms with Crippen LogP contribution in [-0.4, -0.2) is 6.16 Å². The van der Waals surface area contributed by atoms with E-state index in [0.29, 0.717) is 0 Å². The number of rotatable bonds is 12. The van der Waals surface area contributed by atoms with Crippen LogP contribution in [0.2, 0.25) is 0 Å². The normalized spacial score (nSPS) is 12.8. The molecule has 0 N–H and O–H groups in total. The quantitative estimate of drug-likeness (QED) is 0.160. The number of allylic oxidation sites excluding steroid dienone is 4. The summed E-state index contributed by atoms with van der Waals surface area (Å²) in [5, 5.41) is 4.32. The Bertz CT molecular complexity index is 865. The molecule has 31 heavy (non-hydrogen) atoms. The summed E-state index contributed by atoms with van der Waals surface area (Å²) in [5.74, 6) is 0. The summed E-state index contributed by atoms with van der Waals surface area (Å²) in [6.45, 7) is 2.21. The van der Waals surface area contributed by atoms with Crippen molar-refractivity contribution in [2.75, 3.05) is 6.16 Å². The van der Waals surface area contributed by atoms with E-state index in [9.17, 15) is 0 Å². The molecular weight excluding hydrogens is 391 g/mol. The van der Waals surface area contributed by atoms with Crippen molar-refractivity contribution in [3.63, 3.8) is 0 Å². The molecule has 0 aliphatic heterocycles. The second kappa shape index (κ2) is 13.1. The van der Waals surface area contributed by atoms with Gasteiger partial charge in [-0.15, -0.1) is 0 Å². The van der Waals surface area contributed by atoms with Crippen molar-refractivity contribution in [3.05, 3.63) is 115 Å². The van der Waals surface area contributed by atoms with E-state index in [4.69, 9.17) is 1.37 Å². The summed E-state index contributed by atoms with van der Waals surface area (Å²) < 4.78 is 8.10. The fourth-order valence-corrected chi connectivity index (χ4v) is 8.34. The van der Waals surface area contributed by atoms with Gasteiger partial charge in [0.25, 0.3) is 0 Å². The molecule has 0 amide bonds. The van der Waals surface area contributed by atoms with E-state index in [0.717, 1.165) is 37.9 Å². The second-order valence-electron chi connectivity index (χ2n) is 7.90. The molecule has 3 rings (SSSR count). The lowest BCUT2D eigenvalue weighted by Crippen LogP contribution is -2.33. The first-order chi connectivity index (χ1) is 15.8. The van der Waals surface area contributed by atoms with E-state index in [1.807, 2.05) is 0 Å². The van der Waals surface area contributed by atoms with Crippen LogP contribution < -0.4 is 15.9 Å². The lowest BCUT2D eigenvalue weighted by atomic mass is 10.2. The molecule has 0 unspecified atom stereocenters. The Morgan fingerprint density at radius 3 is 1.65 bits per heavy atom. The predicted octanol–water partition coefficient (Wildman–Crippen LogP) is 7.45. The van der Waals surface area contributed by atoms with Crippen LogP contribution in [0.3, 0.4) is 0 Å². The molecule has 0 spiro atoms. The Hall–Kier alpha value is -2.43. The molecule has 0 aliphatic carbocycles. The highest BCUT2D eigenvalue weighted by atomic mass is 31.2. The molecule has 160 valence electrons. The van der Waals surface area contributed by atoms with Gasteiger partial charge in [0.2, 0.25) is 0 Å². The first kappa shape index (κ1) is 21.8. The first-order valence-electron chi connectivity index (χ1n) is 12.1. The Morgan fingerprint density at radius 2 is 1.16 bits per heavy atom. The molecule has 1 heteroatoms. The maximum atomic E-state index is 8.10. The van der Waals surface area contributed by atoms with Crippen molar-refractivity contribution in [2.24, 2.45) is 0 Å². The number of hydrogen-bond acceptors (Lipinski definition) is 0. The van der Waals surface area contributed by atoms with Gasteiger partial charge in [-0.2, -0.15) is 0 Å². The molecule has 3 aromatic rings. The highest BCUT2D eigenvalue weighted by Gasteiger charge is 2.44. The van der Waals surface area contributed by atoms with Gasteiger partial charge in [0.05, 0.1) is 7.53 Å². The largest absolute Gasteiger partial charge is 0.112 e. The Morgan fingerprint density at radius 1 is 0.645 bits per heavy atom. The van der Waals surface area contributed by atoms with Gasteiger partial charge in [0.15, 0.2) is 0 Å². The molecule has 0 nitrogen and oxygen atoms in total. The zero-order valence-corrected chi connectivity index (χ0v) is 19.7. The minimum absolute atomic E-state index is 0.780. The smallest absolute Gasteiger partial charge is 0.0882 e. The van der Waals surface area contributed by atoms with Crippen LogP contribution in [0.15, 0.2) is 115 Å². The third-order valence-electron chi connectivity index (χ3n) is 5.71. The molecule has 3 aromatic carbocycles. The van der Waals surface area contributed by atoms with E-state index >= 15 is 0 Å². The lowest BCUT2D eigenvalue weighted by molar-refractivity contribution is 0.728. The van der Waals surface area contributed by atoms with Gasteiger partial charge in [-0.25, -0.2) is 0 Å². The summed E-state index contributed by atoms with van der Waals surface area (Å²) in [6.07, 6.45) is 14.1. The van der Waals surface area contributed by atoms with Crippen molar-refractivity contribution in [2.45, 2.75) is 45.4 Å². The Labute approximate surface area is 191 Å². The highest BCUT2D eigenvalue weighted by molar-refractivity contribution is 7.95. The van der Waals surface area contributed by atoms with Crippen LogP contribution >= 0.6 is 7.26 Å². The van der Waals surface area contributed by atoms with Crippen molar-refractivity contribution in [3.8, 4) is 0 Å². The minimum atomic E-state index is -1.74. The van der Waals surface area contributed by atoms with Crippen molar-refractivity contribution in [1.29, 1.82) is 0 Å². The van der Waals surface area contributed by atoms with Crippen LogP contribution in [-0.2, 0) is 0 Å². The monoisotopic (exact) mass is 428 g/mol. The first-order valence-corrected chi connectivity index (χ1v) is 13.6. The summed E-state index contributed by atoms with van der Waals surface area (Å²) >= 11 is 0. The van der Waals surface area contributed by atoms with Gasteiger partial charge in [-0.3, -0.25) is 0 Å². The zero-order valence-electron chi connectivity index (χ0n) is 19.8. The Kier molecular flexibility index (Phi) is 9.20.